The number of hydrogen-bond acceptors (Lipinski definition) is 4. The fraction of sp³-hybridized carbons (Fsp3) is 0.350. The van der Waals surface area contributed by atoms with Gasteiger partial charge in [0, 0.05) is 15.1 Å². The molecule has 0 saturated carbocycles. The van der Waals surface area contributed by atoms with Crippen molar-refractivity contribution in [3.05, 3.63) is 63.1 Å². The number of hydrogen-bond donors (Lipinski definition) is 2. The van der Waals surface area contributed by atoms with E-state index in [1.165, 1.54) is 0 Å². The van der Waals surface area contributed by atoms with Gasteiger partial charge in [-0.2, -0.15) is 0 Å². The molecular weight excluding hydrogens is 416 g/mol. The first kappa shape index (κ1) is 19.4. The van der Waals surface area contributed by atoms with Crippen LogP contribution in [0.3, 0.4) is 0 Å². The molecule has 4 nitrogen and oxygen atoms in total. The van der Waals surface area contributed by atoms with Crippen molar-refractivity contribution in [2.24, 2.45) is 5.92 Å². The molecule has 1 unspecified atom stereocenters. The van der Waals surface area contributed by atoms with Crippen LogP contribution in [0.1, 0.15) is 22.3 Å². The summed E-state index contributed by atoms with van der Waals surface area (Å²) in [5, 5.41) is 7.28. The van der Waals surface area contributed by atoms with Gasteiger partial charge in [-0.05, 0) is 56.2 Å². The molecule has 0 aliphatic carbocycles. The van der Waals surface area contributed by atoms with Crippen molar-refractivity contribution in [1.29, 1.82) is 0 Å². The van der Waals surface area contributed by atoms with Gasteiger partial charge in [0.05, 0.1) is 12.1 Å². The van der Waals surface area contributed by atoms with Crippen LogP contribution in [-0.2, 0) is 6.61 Å². The van der Waals surface area contributed by atoms with Gasteiger partial charge in [0.1, 0.15) is 12.4 Å². The Morgan fingerprint density at radius 2 is 2.15 bits per heavy atom. The van der Waals surface area contributed by atoms with Gasteiger partial charge in [-0.3, -0.25) is 4.79 Å². The molecule has 1 heterocycles. The Morgan fingerprint density at radius 3 is 2.92 bits per heavy atom. The molecular formula is C20H22BrClN2O2. The van der Waals surface area contributed by atoms with E-state index in [-0.39, 0.29) is 5.78 Å². The smallest absolute Gasteiger partial charge is 0.180 e. The highest BCUT2D eigenvalue weighted by Crippen LogP contribution is 2.25. The summed E-state index contributed by atoms with van der Waals surface area (Å²) in [4.78, 5) is 12.6. The lowest BCUT2D eigenvalue weighted by molar-refractivity contribution is 0.0985. The lowest BCUT2D eigenvalue weighted by Crippen LogP contribution is -2.29. The highest BCUT2D eigenvalue weighted by Gasteiger charge is 2.16. The predicted molar refractivity (Wildman–Crippen MR) is 108 cm³/mol. The summed E-state index contributed by atoms with van der Waals surface area (Å²) in [6.45, 7) is 3.64. The Bertz CT molecular complexity index is 763. The van der Waals surface area contributed by atoms with Gasteiger partial charge in [0.15, 0.2) is 5.78 Å². The first-order valence-electron chi connectivity index (χ1n) is 8.74. The first-order valence-corrected chi connectivity index (χ1v) is 9.91. The average molecular weight is 438 g/mol. The van der Waals surface area contributed by atoms with Gasteiger partial charge in [-0.1, -0.05) is 45.7 Å². The molecule has 1 fully saturated rings. The highest BCUT2D eigenvalue weighted by atomic mass is 79.9. The summed E-state index contributed by atoms with van der Waals surface area (Å²) in [6.07, 6.45) is 1.16. The van der Waals surface area contributed by atoms with Gasteiger partial charge in [0.2, 0.25) is 0 Å². The van der Waals surface area contributed by atoms with Crippen LogP contribution in [0.4, 0.5) is 0 Å². The van der Waals surface area contributed by atoms with Crippen LogP contribution in [0.25, 0.3) is 0 Å². The molecule has 2 aromatic carbocycles. The summed E-state index contributed by atoms with van der Waals surface area (Å²) in [5.74, 6) is 1.25. The predicted octanol–water partition coefficient (Wildman–Crippen LogP) is 4.06. The van der Waals surface area contributed by atoms with Crippen molar-refractivity contribution in [2.45, 2.75) is 13.0 Å². The normalized spacial score (nSPS) is 16.6. The highest BCUT2D eigenvalue weighted by molar-refractivity contribution is 9.10. The molecule has 1 aliphatic heterocycles. The van der Waals surface area contributed by atoms with Crippen LogP contribution in [0.15, 0.2) is 46.9 Å². The van der Waals surface area contributed by atoms with Gasteiger partial charge in [-0.25, -0.2) is 0 Å². The molecule has 0 bridgehead atoms. The number of nitrogens with one attached hydrogen (secondary N) is 2. The van der Waals surface area contributed by atoms with Crippen LogP contribution in [0.5, 0.6) is 5.75 Å². The Hall–Kier alpha value is -1.40. The minimum absolute atomic E-state index is 0.0433. The molecule has 0 radical (unpaired) electrons. The van der Waals surface area contributed by atoms with E-state index in [4.69, 9.17) is 16.3 Å². The number of Topliss-reactive ketones (excluding diaryl/α,β-unsaturated/α-hetero) is 1. The molecule has 6 heteroatoms. The van der Waals surface area contributed by atoms with E-state index in [2.05, 4.69) is 26.6 Å². The maximum absolute atomic E-state index is 12.6. The average Bonchev–Trinajstić information content (AvgIpc) is 3.14. The molecule has 0 spiro atoms. The van der Waals surface area contributed by atoms with E-state index in [0.717, 1.165) is 36.1 Å². The summed E-state index contributed by atoms with van der Waals surface area (Å²) in [7, 11) is 0. The topological polar surface area (TPSA) is 50.4 Å². The Kier molecular flexibility index (Phi) is 7.08. The minimum atomic E-state index is 0.0433. The summed E-state index contributed by atoms with van der Waals surface area (Å²) in [5.41, 5.74) is 1.58. The molecule has 3 rings (SSSR count). The van der Waals surface area contributed by atoms with Gasteiger partial charge < -0.3 is 15.4 Å². The zero-order chi connectivity index (χ0) is 18.4. The third kappa shape index (κ3) is 5.30. The standard InChI is InChI=1S/C20H22BrClN2O2/c21-18-9-16(22)6-5-15(18)13-26-20-4-2-1-3-17(20)19(25)12-24-11-14-7-8-23-10-14/h1-6,9,14,23-24H,7-8,10-13H2. The van der Waals surface area contributed by atoms with Crippen molar-refractivity contribution in [3.8, 4) is 5.75 Å². The monoisotopic (exact) mass is 436 g/mol. The van der Waals surface area contributed by atoms with Crippen LogP contribution in [0, 0.1) is 5.92 Å². The molecule has 2 N–H and O–H groups in total. The molecule has 1 saturated heterocycles. The SMILES string of the molecule is O=C(CNCC1CCNC1)c1ccccc1OCc1ccc(Cl)cc1Br. The second kappa shape index (κ2) is 9.51. The van der Waals surface area contributed by atoms with Gasteiger partial charge in [-0.15, -0.1) is 0 Å². The number of ketones is 1. The maximum Gasteiger partial charge on any atom is 0.180 e. The van der Waals surface area contributed by atoms with E-state index >= 15 is 0 Å². The fourth-order valence-corrected chi connectivity index (χ4v) is 3.79. The Balaban J connectivity index is 1.58. The number of carbonyl (C=O) groups is 1. The van der Waals surface area contributed by atoms with Crippen molar-refractivity contribution in [3.63, 3.8) is 0 Å². The first-order chi connectivity index (χ1) is 12.6. The van der Waals surface area contributed by atoms with Crippen LogP contribution in [0.2, 0.25) is 5.02 Å². The fourth-order valence-electron chi connectivity index (χ4n) is 2.99. The number of halogens is 2. The molecule has 0 aromatic heterocycles. The Morgan fingerprint density at radius 1 is 1.31 bits per heavy atom. The molecule has 1 aliphatic rings. The quantitative estimate of drug-likeness (QED) is 0.612. The lowest BCUT2D eigenvalue weighted by atomic mass is 10.1. The molecule has 138 valence electrons. The van der Waals surface area contributed by atoms with E-state index in [0.29, 0.717) is 35.4 Å². The Labute approximate surface area is 167 Å². The van der Waals surface area contributed by atoms with E-state index in [1.54, 1.807) is 0 Å². The van der Waals surface area contributed by atoms with Gasteiger partial charge >= 0.3 is 0 Å². The third-order valence-electron chi connectivity index (χ3n) is 4.47. The number of rotatable bonds is 8. The van der Waals surface area contributed by atoms with Crippen LogP contribution in [-0.4, -0.2) is 32.0 Å². The molecule has 26 heavy (non-hydrogen) atoms. The molecule has 0 amide bonds. The zero-order valence-electron chi connectivity index (χ0n) is 14.4. The van der Waals surface area contributed by atoms with Crippen LogP contribution < -0.4 is 15.4 Å². The summed E-state index contributed by atoms with van der Waals surface area (Å²) in [6, 6.07) is 12.9. The zero-order valence-corrected chi connectivity index (χ0v) is 16.8. The van der Waals surface area contributed by atoms with E-state index in [1.807, 2.05) is 42.5 Å². The van der Waals surface area contributed by atoms with Crippen molar-refractivity contribution in [2.75, 3.05) is 26.2 Å². The van der Waals surface area contributed by atoms with Crippen molar-refractivity contribution in [1.82, 2.24) is 10.6 Å². The minimum Gasteiger partial charge on any atom is -0.488 e. The molecule has 2 aromatic rings. The van der Waals surface area contributed by atoms with Crippen molar-refractivity contribution < 1.29 is 9.53 Å². The number of benzene rings is 2. The second-order valence-corrected chi connectivity index (χ2v) is 7.72. The van der Waals surface area contributed by atoms with E-state index < -0.39 is 0 Å². The number of carbonyl (C=O) groups excluding carboxylic acids is 1. The molecule has 1 atom stereocenters. The largest absolute Gasteiger partial charge is 0.488 e. The summed E-state index contributed by atoms with van der Waals surface area (Å²) < 4.78 is 6.80. The van der Waals surface area contributed by atoms with Gasteiger partial charge in [0.25, 0.3) is 0 Å². The summed E-state index contributed by atoms with van der Waals surface area (Å²) >= 11 is 9.46. The number of ether oxygens (including phenoxy) is 1. The second-order valence-electron chi connectivity index (χ2n) is 6.43. The van der Waals surface area contributed by atoms with Crippen molar-refractivity contribution >= 4 is 33.3 Å². The van der Waals surface area contributed by atoms with Crippen LogP contribution >= 0.6 is 27.5 Å². The van der Waals surface area contributed by atoms with E-state index in [9.17, 15) is 4.79 Å². The maximum atomic E-state index is 12.6. The lowest BCUT2D eigenvalue weighted by Gasteiger charge is -2.13. The third-order valence-corrected chi connectivity index (χ3v) is 5.44. The number of para-hydroxylation sites is 1.